The molecule has 0 radical (unpaired) electrons. The molecule has 0 saturated heterocycles. The van der Waals surface area contributed by atoms with E-state index in [0.29, 0.717) is 35.2 Å². The first kappa shape index (κ1) is 16.1. The summed E-state index contributed by atoms with van der Waals surface area (Å²) in [4.78, 5) is 13.6. The average molecular weight is 304 g/mol. The molecule has 0 heterocycles. The Bertz CT molecular complexity index is 420. The zero-order chi connectivity index (χ0) is 14.3. The smallest absolute Gasteiger partial charge is 0.222 e. The lowest BCUT2D eigenvalue weighted by Crippen LogP contribution is -2.30. The van der Waals surface area contributed by atoms with Crippen molar-refractivity contribution in [2.45, 2.75) is 26.7 Å². The van der Waals surface area contributed by atoms with Crippen molar-refractivity contribution in [3.8, 4) is 5.75 Å². The van der Waals surface area contributed by atoms with Crippen LogP contribution in [0.15, 0.2) is 18.2 Å². The van der Waals surface area contributed by atoms with Crippen LogP contribution < -0.4 is 4.74 Å². The zero-order valence-corrected chi connectivity index (χ0v) is 12.8. The highest BCUT2D eigenvalue weighted by Crippen LogP contribution is 2.31. The summed E-state index contributed by atoms with van der Waals surface area (Å²) in [7, 11) is 0. The van der Waals surface area contributed by atoms with Crippen molar-refractivity contribution in [3.05, 3.63) is 28.2 Å². The Labute approximate surface area is 124 Å². The van der Waals surface area contributed by atoms with Crippen molar-refractivity contribution in [1.82, 2.24) is 4.90 Å². The summed E-state index contributed by atoms with van der Waals surface area (Å²) in [6, 6.07) is 5.26. The third kappa shape index (κ3) is 4.92. The van der Waals surface area contributed by atoms with E-state index < -0.39 is 0 Å². The lowest BCUT2D eigenvalue weighted by atomic mass is 10.3. The Morgan fingerprint density at radius 1 is 1.26 bits per heavy atom. The highest BCUT2D eigenvalue weighted by molar-refractivity contribution is 6.42. The number of benzene rings is 1. The van der Waals surface area contributed by atoms with E-state index in [2.05, 4.69) is 0 Å². The first-order valence-electron chi connectivity index (χ1n) is 6.44. The summed E-state index contributed by atoms with van der Waals surface area (Å²) in [6.45, 7) is 5.90. The Balaban J connectivity index is 2.35. The van der Waals surface area contributed by atoms with Gasteiger partial charge in [0, 0.05) is 19.5 Å². The van der Waals surface area contributed by atoms with E-state index in [0.717, 1.165) is 13.1 Å². The number of amides is 1. The van der Waals surface area contributed by atoms with Gasteiger partial charge in [0.05, 0.1) is 11.6 Å². The van der Waals surface area contributed by atoms with E-state index in [9.17, 15) is 4.79 Å². The monoisotopic (exact) mass is 303 g/mol. The average Bonchev–Trinajstić information content (AvgIpc) is 2.40. The molecule has 1 aromatic rings. The van der Waals surface area contributed by atoms with Gasteiger partial charge in [0.1, 0.15) is 10.8 Å². The molecule has 19 heavy (non-hydrogen) atoms. The number of nitrogens with zero attached hydrogens (tertiary/aromatic N) is 1. The minimum absolute atomic E-state index is 0.158. The minimum atomic E-state index is 0.158. The fourth-order valence-corrected chi connectivity index (χ4v) is 2.08. The molecular weight excluding hydrogens is 285 g/mol. The van der Waals surface area contributed by atoms with Crippen molar-refractivity contribution in [2.75, 3.05) is 19.7 Å². The summed E-state index contributed by atoms with van der Waals surface area (Å²) >= 11 is 11.9. The van der Waals surface area contributed by atoms with Crippen LogP contribution >= 0.6 is 23.2 Å². The Hall–Kier alpha value is -0.930. The van der Waals surface area contributed by atoms with Crippen LogP contribution in [0.4, 0.5) is 0 Å². The van der Waals surface area contributed by atoms with Gasteiger partial charge in [0.2, 0.25) is 5.91 Å². The lowest BCUT2D eigenvalue weighted by molar-refractivity contribution is -0.131. The Morgan fingerprint density at radius 3 is 2.58 bits per heavy atom. The van der Waals surface area contributed by atoms with Crippen LogP contribution in [0.3, 0.4) is 0 Å². The second kappa shape index (κ2) is 8.28. The quantitative estimate of drug-likeness (QED) is 0.712. The van der Waals surface area contributed by atoms with Crippen LogP contribution in [0.5, 0.6) is 5.75 Å². The van der Waals surface area contributed by atoms with Crippen LogP contribution in [-0.4, -0.2) is 30.5 Å². The van der Waals surface area contributed by atoms with Crippen molar-refractivity contribution in [1.29, 1.82) is 0 Å². The highest BCUT2D eigenvalue weighted by atomic mass is 35.5. The molecule has 0 spiro atoms. The summed E-state index contributed by atoms with van der Waals surface area (Å²) in [5.74, 6) is 0.718. The maximum absolute atomic E-state index is 11.8. The van der Waals surface area contributed by atoms with Gasteiger partial charge < -0.3 is 9.64 Å². The van der Waals surface area contributed by atoms with Crippen LogP contribution in [0.25, 0.3) is 0 Å². The molecule has 0 fully saturated rings. The molecule has 3 nitrogen and oxygen atoms in total. The molecule has 0 bridgehead atoms. The van der Waals surface area contributed by atoms with Gasteiger partial charge in [-0.25, -0.2) is 0 Å². The van der Waals surface area contributed by atoms with E-state index >= 15 is 0 Å². The summed E-state index contributed by atoms with van der Waals surface area (Å²) < 4.78 is 5.53. The SMILES string of the molecule is CCN(CC)C(=O)CCCOc1cccc(Cl)c1Cl. The van der Waals surface area contributed by atoms with Crippen LogP contribution in [-0.2, 0) is 4.79 Å². The number of carbonyl (C=O) groups is 1. The maximum atomic E-state index is 11.8. The Morgan fingerprint density at radius 2 is 1.95 bits per heavy atom. The molecule has 1 aromatic carbocycles. The van der Waals surface area contributed by atoms with E-state index in [1.54, 1.807) is 18.2 Å². The van der Waals surface area contributed by atoms with Gasteiger partial charge in [-0.3, -0.25) is 4.79 Å². The van der Waals surface area contributed by atoms with Crippen LogP contribution in [0, 0.1) is 0 Å². The van der Waals surface area contributed by atoms with Crippen molar-refractivity contribution < 1.29 is 9.53 Å². The number of hydrogen-bond donors (Lipinski definition) is 0. The van der Waals surface area contributed by atoms with Crippen LogP contribution in [0.1, 0.15) is 26.7 Å². The van der Waals surface area contributed by atoms with Gasteiger partial charge >= 0.3 is 0 Å². The molecule has 106 valence electrons. The topological polar surface area (TPSA) is 29.5 Å². The molecule has 0 atom stereocenters. The molecule has 0 aliphatic heterocycles. The van der Waals surface area contributed by atoms with Crippen molar-refractivity contribution >= 4 is 29.1 Å². The minimum Gasteiger partial charge on any atom is -0.492 e. The van der Waals surface area contributed by atoms with Crippen molar-refractivity contribution in [2.24, 2.45) is 0 Å². The van der Waals surface area contributed by atoms with Gasteiger partial charge in [0.25, 0.3) is 0 Å². The fourth-order valence-electron chi connectivity index (χ4n) is 1.74. The highest BCUT2D eigenvalue weighted by Gasteiger charge is 2.09. The van der Waals surface area contributed by atoms with E-state index in [1.807, 2.05) is 18.7 Å². The van der Waals surface area contributed by atoms with E-state index in [4.69, 9.17) is 27.9 Å². The summed E-state index contributed by atoms with van der Waals surface area (Å²) in [5, 5.41) is 0.887. The second-order valence-corrected chi connectivity index (χ2v) is 4.86. The van der Waals surface area contributed by atoms with Gasteiger partial charge in [-0.15, -0.1) is 0 Å². The maximum Gasteiger partial charge on any atom is 0.222 e. The molecule has 0 saturated carbocycles. The Kier molecular flexibility index (Phi) is 7.03. The standard InChI is InChI=1S/C14H19Cl2NO2/c1-3-17(4-2)13(18)9-6-10-19-12-8-5-7-11(15)14(12)16/h5,7-8H,3-4,6,9-10H2,1-2H3. The third-order valence-corrected chi connectivity index (χ3v) is 3.63. The van der Waals surface area contributed by atoms with Crippen LogP contribution in [0.2, 0.25) is 10.0 Å². The molecule has 1 amide bonds. The zero-order valence-electron chi connectivity index (χ0n) is 11.3. The largest absolute Gasteiger partial charge is 0.492 e. The number of ether oxygens (including phenoxy) is 1. The first-order valence-corrected chi connectivity index (χ1v) is 7.20. The van der Waals surface area contributed by atoms with Gasteiger partial charge in [0.15, 0.2) is 0 Å². The number of carbonyl (C=O) groups excluding carboxylic acids is 1. The van der Waals surface area contributed by atoms with E-state index in [1.165, 1.54) is 0 Å². The molecular formula is C14H19Cl2NO2. The lowest BCUT2D eigenvalue weighted by Gasteiger charge is -2.18. The number of halogens is 2. The van der Waals surface area contributed by atoms with E-state index in [-0.39, 0.29) is 5.91 Å². The molecule has 0 aliphatic rings. The first-order chi connectivity index (χ1) is 9.10. The molecule has 1 rings (SSSR count). The molecule has 0 aromatic heterocycles. The molecule has 5 heteroatoms. The molecule has 0 N–H and O–H groups in total. The predicted octanol–water partition coefficient (Wildman–Crippen LogP) is 4.02. The van der Waals surface area contributed by atoms with Gasteiger partial charge in [-0.05, 0) is 32.4 Å². The van der Waals surface area contributed by atoms with Gasteiger partial charge in [-0.1, -0.05) is 29.3 Å². The fraction of sp³-hybridized carbons (Fsp3) is 0.500. The molecule has 0 aliphatic carbocycles. The van der Waals surface area contributed by atoms with Gasteiger partial charge in [-0.2, -0.15) is 0 Å². The number of rotatable bonds is 7. The molecule has 0 unspecified atom stereocenters. The number of hydrogen-bond acceptors (Lipinski definition) is 2. The normalized spacial score (nSPS) is 10.3. The predicted molar refractivity (Wildman–Crippen MR) is 79.1 cm³/mol. The summed E-state index contributed by atoms with van der Waals surface area (Å²) in [5.41, 5.74) is 0. The third-order valence-electron chi connectivity index (χ3n) is 2.82. The second-order valence-electron chi connectivity index (χ2n) is 4.07. The summed E-state index contributed by atoms with van der Waals surface area (Å²) in [6.07, 6.45) is 1.15. The van der Waals surface area contributed by atoms with Crippen molar-refractivity contribution in [3.63, 3.8) is 0 Å².